The Labute approximate surface area is 145 Å². The lowest BCUT2D eigenvalue weighted by Crippen LogP contribution is -2.42. The summed E-state index contributed by atoms with van der Waals surface area (Å²) in [6.07, 6.45) is 0.513. The van der Waals surface area contributed by atoms with Gasteiger partial charge in [0, 0.05) is 12.6 Å². The Morgan fingerprint density at radius 3 is 2.65 bits per heavy atom. The fourth-order valence-electron chi connectivity index (χ4n) is 3.06. The van der Waals surface area contributed by atoms with Crippen LogP contribution in [0, 0.1) is 5.92 Å². The summed E-state index contributed by atoms with van der Waals surface area (Å²) >= 11 is 0. The number of carbonyl (C=O) groups is 1. The van der Waals surface area contributed by atoms with Crippen LogP contribution in [0.4, 0.5) is 0 Å². The van der Waals surface area contributed by atoms with E-state index in [1.807, 2.05) is 30.0 Å². The Bertz CT molecular complexity index is 521. The largest absolute Gasteiger partial charge is 0.481 e. The molecule has 0 aliphatic carbocycles. The van der Waals surface area contributed by atoms with Gasteiger partial charge in [-0.2, -0.15) is 0 Å². The molecule has 2 N–H and O–H groups in total. The molecule has 23 heavy (non-hydrogen) atoms. The van der Waals surface area contributed by atoms with Crippen LogP contribution < -0.4 is 10.5 Å². The lowest BCUT2D eigenvalue weighted by Gasteiger charge is -2.25. The Kier molecular flexibility index (Phi) is 7.36. The minimum atomic E-state index is -0.471. The van der Waals surface area contributed by atoms with Crippen LogP contribution in [-0.4, -0.2) is 36.0 Å². The van der Waals surface area contributed by atoms with Crippen LogP contribution in [0.15, 0.2) is 24.3 Å². The van der Waals surface area contributed by atoms with Gasteiger partial charge in [0.1, 0.15) is 5.75 Å². The second kappa shape index (κ2) is 8.55. The van der Waals surface area contributed by atoms with E-state index in [9.17, 15) is 4.79 Å². The molecule has 3 atom stereocenters. The van der Waals surface area contributed by atoms with Crippen molar-refractivity contribution in [2.24, 2.45) is 11.7 Å². The number of rotatable bonds is 5. The first-order valence-corrected chi connectivity index (χ1v) is 8.19. The van der Waals surface area contributed by atoms with Crippen molar-refractivity contribution in [3.8, 4) is 5.75 Å². The zero-order chi connectivity index (χ0) is 16.3. The van der Waals surface area contributed by atoms with Crippen LogP contribution in [0.25, 0.3) is 0 Å². The van der Waals surface area contributed by atoms with Gasteiger partial charge in [0.05, 0.1) is 0 Å². The van der Waals surface area contributed by atoms with Gasteiger partial charge in [-0.05, 0) is 56.3 Å². The van der Waals surface area contributed by atoms with Crippen molar-refractivity contribution in [3.63, 3.8) is 0 Å². The quantitative estimate of drug-likeness (QED) is 0.895. The standard InChI is InChI=1S/C18H28N2O2.ClH/c1-12(2)16-6-5-7-17(9-16)22-14(4)18(21)20-11-15(10-19)8-13(20)3;/h5-7,9,12-15H,8,10-11,19H2,1-4H3;1H. The Morgan fingerprint density at radius 2 is 2.09 bits per heavy atom. The number of amides is 1. The highest BCUT2D eigenvalue weighted by atomic mass is 35.5. The van der Waals surface area contributed by atoms with Crippen LogP contribution in [0.3, 0.4) is 0 Å². The van der Waals surface area contributed by atoms with Crippen LogP contribution in [0.1, 0.15) is 45.6 Å². The van der Waals surface area contributed by atoms with Gasteiger partial charge in [-0.25, -0.2) is 0 Å². The molecule has 1 heterocycles. The van der Waals surface area contributed by atoms with Crippen LogP contribution >= 0.6 is 12.4 Å². The number of hydrogen-bond acceptors (Lipinski definition) is 3. The Morgan fingerprint density at radius 1 is 1.39 bits per heavy atom. The van der Waals surface area contributed by atoms with Crippen molar-refractivity contribution >= 4 is 18.3 Å². The van der Waals surface area contributed by atoms with Gasteiger partial charge in [-0.15, -0.1) is 12.4 Å². The minimum Gasteiger partial charge on any atom is -0.481 e. The minimum absolute atomic E-state index is 0. The molecule has 1 aliphatic heterocycles. The van der Waals surface area contributed by atoms with Crippen LogP contribution in [-0.2, 0) is 4.79 Å². The second-order valence-corrected chi connectivity index (χ2v) is 6.66. The highest BCUT2D eigenvalue weighted by Gasteiger charge is 2.34. The molecule has 0 saturated carbocycles. The molecule has 1 aromatic carbocycles. The summed E-state index contributed by atoms with van der Waals surface area (Å²) in [5, 5.41) is 0. The highest BCUT2D eigenvalue weighted by molar-refractivity contribution is 5.85. The Hall–Kier alpha value is -1.26. The summed E-state index contributed by atoms with van der Waals surface area (Å²) in [5.41, 5.74) is 6.95. The number of ether oxygens (including phenoxy) is 1. The van der Waals surface area contributed by atoms with E-state index >= 15 is 0 Å². The molecule has 1 saturated heterocycles. The second-order valence-electron chi connectivity index (χ2n) is 6.66. The smallest absolute Gasteiger partial charge is 0.263 e. The molecule has 0 aromatic heterocycles. The van der Waals surface area contributed by atoms with Crippen molar-refractivity contribution in [3.05, 3.63) is 29.8 Å². The maximum absolute atomic E-state index is 12.6. The summed E-state index contributed by atoms with van der Waals surface area (Å²) < 4.78 is 5.87. The van der Waals surface area contributed by atoms with E-state index in [2.05, 4.69) is 26.8 Å². The molecule has 2 rings (SSSR count). The zero-order valence-corrected chi connectivity index (χ0v) is 15.3. The van der Waals surface area contributed by atoms with Gasteiger partial charge in [0.15, 0.2) is 6.10 Å². The first kappa shape index (κ1) is 19.8. The van der Waals surface area contributed by atoms with Gasteiger partial charge in [0.2, 0.25) is 0 Å². The molecule has 1 aromatic rings. The number of benzene rings is 1. The van der Waals surface area contributed by atoms with Gasteiger partial charge in [-0.1, -0.05) is 26.0 Å². The normalized spacial score (nSPS) is 21.9. The summed E-state index contributed by atoms with van der Waals surface area (Å²) in [7, 11) is 0. The number of hydrogen-bond donors (Lipinski definition) is 1. The number of nitrogens with zero attached hydrogens (tertiary/aromatic N) is 1. The van der Waals surface area contributed by atoms with Crippen molar-refractivity contribution in [2.75, 3.05) is 13.1 Å². The third kappa shape index (κ3) is 4.85. The fourth-order valence-corrected chi connectivity index (χ4v) is 3.06. The molecular formula is C18H29ClN2O2. The predicted molar refractivity (Wildman–Crippen MR) is 96.2 cm³/mol. The van der Waals surface area contributed by atoms with Crippen molar-refractivity contribution in [2.45, 2.75) is 52.2 Å². The maximum Gasteiger partial charge on any atom is 0.263 e. The first-order chi connectivity index (χ1) is 10.4. The maximum atomic E-state index is 12.6. The first-order valence-electron chi connectivity index (χ1n) is 8.19. The van der Waals surface area contributed by atoms with E-state index in [-0.39, 0.29) is 24.4 Å². The summed E-state index contributed by atoms with van der Waals surface area (Å²) in [4.78, 5) is 14.5. The van der Waals surface area contributed by atoms with Crippen molar-refractivity contribution in [1.82, 2.24) is 4.90 Å². The molecule has 1 amide bonds. The van der Waals surface area contributed by atoms with E-state index < -0.39 is 6.10 Å². The van der Waals surface area contributed by atoms with Crippen LogP contribution in [0.2, 0.25) is 0 Å². The predicted octanol–water partition coefficient (Wildman–Crippen LogP) is 3.19. The number of likely N-dealkylation sites (tertiary alicyclic amines) is 1. The molecule has 1 fully saturated rings. The SMILES string of the molecule is CC(Oc1cccc(C(C)C)c1)C(=O)N1CC(CN)CC1C.Cl. The van der Waals surface area contributed by atoms with Crippen molar-refractivity contribution < 1.29 is 9.53 Å². The molecule has 0 radical (unpaired) electrons. The summed E-state index contributed by atoms with van der Waals surface area (Å²) in [6.45, 7) is 9.59. The highest BCUT2D eigenvalue weighted by Crippen LogP contribution is 2.25. The van der Waals surface area contributed by atoms with Gasteiger partial charge in [-0.3, -0.25) is 4.79 Å². The van der Waals surface area contributed by atoms with Crippen LogP contribution in [0.5, 0.6) is 5.75 Å². The lowest BCUT2D eigenvalue weighted by molar-refractivity contribution is -0.138. The molecule has 1 aliphatic rings. The third-order valence-electron chi connectivity index (χ3n) is 4.46. The summed E-state index contributed by atoms with van der Waals surface area (Å²) in [5.74, 6) is 1.67. The van der Waals surface area contributed by atoms with E-state index in [0.29, 0.717) is 18.4 Å². The topological polar surface area (TPSA) is 55.6 Å². The average molecular weight is 341 g/mol. The molecule has 3 unspecified atom stereocenters. The number of halogens is 1. The lowest BCUT2D eigenvalue weighted by atomic mass is 10.0. The van der Waals surface area contributed by atoms with E-state index in [0.717, 1.165) is 18.7 Å². The molecule has 4 nitrogen and oxygen atoms in total. The van der Waals surface area contributed by atoms with Crippen molar-refractivity contribution in [1.29, 1.82) is 0 Å². The molecule has 130 valence electrons. The van der Waals surface area contributed by atoms with Gasteiger partial charge < -0.3 is 15.4 Å². The molecule has 0 spiro atoms. The molecule has 0 bridgehead atoms. The number of carbonyl (C=O) groups excluding carboxylic acids is 1. The Balaban J connectivity index is 0.00000264. The fraction of sp³-hybridized carbons (Fsp3) is 0.611. The van der Waals surface area contributed by atoms with Gasteiger partial charge in [0.25, 0.3) is 5.91 Å². The molecule has 5 heteroatoms. The zero-order valence-electron chi connectivity index (χ0n) is 14.5. The van der Waals surface area contributed by atoms with E-state index in [1.54, 1.807) is 0 Å². The molecular weight excluding hydrogens is 312 g/mol. The average Bonchev–Trinajstić information content (AvgIpc) is 2.87. The number of nitrogens with two attached hydrogens (primary N) is 1. The third-order valence-corrected chi connectivity index (χ3v) is 4.46. The van der Waals surface area contributed by atoms with E-state index in [4.69, 9.17) is 10.5 Å². The monoisotopic (exact) mass is 340 g/mol. The summed E-state index contributed by atoms with van der Waals surface area (Å²) in [6, 6.07) is 8.23. The van der Waals surface area contributed by atoms with Gasteiger partial charge >= 0.3 is 0 Å². The van der Waals surface area contributed by atoms with E-state index in [1.165, 1.54) is 5.56 Å².